The molecule has 1 aromatic rings. The van der Waals surface area contributed by atoms with Crippen molar-refractivity contribution in [2.24, 2.45) is 17.8 Å². The molecule has 3 nitrogen and oxygen atoms in total. The Labute approximate surface area is 138 Å². The van der Waals surface area contributed by atoms with E-state index in [1.165, 1.54) is 12.5 Å². The Morgan fingerprint density at radius 1 is 1.09 bits per heavy atom. The van der Waals surface area contributed by atoms with Gasteiger partial charge in [0.15, 0.2) is 0 Å². The van der Waals surface area contributed by atoms with Gasteiger partial charge in [-0.25, -0.2) is 4.39 Å². The van der Waals surface area contributed by atoms with Gasteiger partial charge in [-0.2, -0.15) is 0 Å². The fourth-order valence-electron chi connectivity index (χ4n) is 4.18. The van der Waals surface area contributed by atoms with Crippen LogP contribution in [0, 0.1) is 23.6 Å². The third-order valence-electron chi connectivity index (χ3n) is 5.22. The first-order chi connectivity index (χ1) is 11.0. The molecule has 0 N–H and O–H groups in total. The molecule has 0 radical (unpaired) electrons. The number of hydrogen-bond acceptors (Lipinski definition) is 2. The topological polar surface area (TPSA) is 23.6 Å². The highest BCUT2D eigenvalue weighted by Crippen LogP contribution is 2.28. The number of rotatable bonds is 2. The highest BCUT2D eigenvalue weighted by atomic mass is 19.1. The van der Waals surface area contributed by atoms with Gasteiger partial charge < -0.3 is 9.80 Å². The molecule has 126 valence electrons. The third-order valence-corrected chi connectivity index (χ3v) is 5.22. The van der Waals surface area contributed by atoms with E-state index >= 15 is 0 Å². The maximum absolute atomic E-state index is 13.9. The molecule has 0 aliphatic carbocycles. The average molecular weight is 318 g/mol. The third kappa shape index (κ3) is 3.67. The summed E-state index contributed by atoms with van der Waals surface area (Å²) in [5, 5.41) is 0. The van der Waals surface area contributed by atoms with Gasteiger partial charge in [0, 0.05) is 32.1 Å². The molecule has 0 saturated carbocycles. The summed E-state index contributed by atoms with van der Waals surface area (Å²) in [5.74, 6) is 1.45. The zero-order chi connectivity index (χ0) is 16.4. The largest absolute Gasteiger partial charge is 0.369 e. The van der Waals surface area contributed by atoms with Crippen molar-refractivity contribution in [1.29, 1.82) is 0 Å². The lowest BCUT2D eigenvalue weighted by molar-refractivity contribution is -0.138. The Bertz CT molecular complexity index is 544. The Kier molecular flexibility index (Phi) is 4.88. The Morgan fingerprint density at radius 3 is 2.30 bits per heavy atom. The van der Waals surface area contributed by atoms with E-state index in [2.05, 4.69) is 23.6 Å². The van der Waals surface area contributed by atoms with E-state index in [0.717, 1.165) is 39.0 Å². The summed E-state index contributed by atoms with van der Waals surface area (Å²) in [7, 11) is 0. The van der Waals surface area contributed by atoms with E-state index in [-0.39, 0.29) is 11.7 Å². The fourth-order valence-corrected chi connectivity index (χ4v) is 4.18. The molecule has 1 aromatic carbocycles. The summed E-state index contributed by atoms with van der Waals surface area (Å²) >= 11 is 0. The molecule has 3 rings (SSSR count). The van der Waals surface area contributed by atoms with Crippen molar-refractivity contribution >= 4 is 11.6 Å². The molecule has 1 amide bonds. The second kappa shape index (κ2) is 6.90. The second-order valence-corrected chi connectivity index (χ2v) is 7.40. The van der Waals surface area contributed by atoms with Gasteiger partial charge in [-0.05, 0) is 43.2 Å². The highest BCUT2D eigenvalue weighted by Gasteiger charge is 2.32. The first-order valence-corrected chi connectivity index (χ1v) is 8.83. The maximum Gasteiger partial charge on any atom is 0.225 e. The van der Waals surface area contributed by atoms with Gasteiger partial charge in [0.2, 0.25) is 5.91 Å². The molecule has 2 heterocycles. The minimum absolute atomic E-state index is 0.107. The van der Waals surface area contributed by atoms with Crippen molar-refractivity contribution in [2.45, 2.75) is 33.1 Å². The first-order valence-electron chi connectivity index (χ1n) is 8.83. The number of carbonyl (C=O) groups is 1. The lowest BCUT2D eigenvalue weighted by Crippen LogP contribution is -2.47. The van der Waals surface area contributed by atoms with Crippen molar-refractivity contribution in [2.75, 3.05) is 31.1 Å². The summed E-state index contributed by atoms with van der Waals surface area (Å²) in [5.41, 5.74) is 0.665. The molecule has 2 saturated heterocycles. The molecular formula is C19H27FN2O. The van der Waals surface area contributed by atoms with Crippen molar-refractivity contribution < 1.29 is 9.18 Å². The van der Waals surface area contributed by atoms with Crippen LogP contribution >= 0.6 is 0 Å². The standard InChI is InChI=1S/C19H27FN2O/c1-14-11-15(2)13-22(12-14)19(23)16-7-9-21(10-8-16)18-6-4-3-5-17(18)20/h3-6,14-16H,7-13H2,1-2H3. The Morgan fingerprint density at radius 2 is 1.70 bits per heavy atom. The van der Waals surface area contributed by atoms with E-state index in [4.69, 9.17) is 0 Å². The predicted molar refractivity (Wildman–Crippen MR) is 90.9 cm³/mol. The van der Waals surface area contributed by atoms with Gasteiger partial charge in [0.05, 0.1) is 5.69 Å². The number of benzene rings is 1. The van der Waals surface area contributed by atoms with Crippen LogP contribution in [0.5, 0.6) is 0 Å². The molecule has 2 aliphatic heterocycles. The van der Waals surface area contributed by atoms with Gasteiger partial charge >= 0.3 is 0 Å². The van der Waals surface area contributed by atoms with Crippen LogP contribution in [0.3, 0.4) is 0 Å². The van der Waals surface area contributed by atoms with E-state index in [1.54, 1.807) is 6.07 Å². The van der Waals surface area contributed by atoms with Crippen LogP contribution in [-0.2, 0) is 4.79 Å². The molecule has 2 fully saturated rings. The first kappa shape index (κ1) is 16.3. The minimum atomic E-state index is -0.170. The number of carbonyl (C=O) groups excluding carboxylic acids is 1. The zero-order valence-electron chi connectivity index (χ0n) is 14.2. The fraction of sp³-hybridized carbons (Fsp3) is 0.632. The summed E-state index contributed by atoms with van der Waals surface area (Å²) < 4.78 is 13.9. The monoisotopic (exact) mass is 318 g/mol. The number of hydrogen-bond donors (Lipinski definition) is 0. The number of nitrogens with zero attached hydrogens (tertiary/aromatic N) is 2. The van der Waals surface area contributed by atoms with Crippen LogP contribution < -0.4 is 4.90 Å². The van der Waals surface area contributed by atoms with Gasteiger partial charge in [-0.3, -0.25) is 4.79 Å². The summed E-state index contributed by atoms with van der Waals surface area (Å²) in [6.07, 6.45) is 2.87. The number of piperidine rings is 2. The van der Waals surface area contributed by atoms with Crippen molar-refractivity contribution in [1.82, 2.24) is 4.90 Å². The number of amides is 1. The minimum Gasteiger partial charge on any atom is -0.369 e. The van der Waals surface area contributed by atoms with Crippen molar-refractivity contribution in [3.05, 3.63) is 30.1 Å². The number of halogens is 1. The second-order valence-electron chi connectivity index (χ2n) is 7.40. The molecule has 4 heteroatoms. The van der Waals surface area contributed by atoms with Crippen LogP contribution in [0.2, 0.25) is 0 Å². The Hall–Kier alpha value is -1.58. The summed E-state index contributed by atoms with van der Waals surface area (Å²) in [4.78, 5) is 16.9. The van der Waals surface area contributed by atoms with Gasteiger partial charge in [-0.1, -0.05) is 26.0 Å². The molecule has 2 unspecified atom stereocenters. The molecule has 0 bridgehead atoms. The molecule has 0 aromatic heterocycles. The normalized spacial score (nSPS) is 26.4. The van der Waals surface area contributed by atoms with E-state index in [1.807, 2.05) is 12.1 Å². The van der Waals surface area contributed by atoms with Gasteiger partial charge in [0.1, 0.15) is 5.82 Å². The average Bonchev–Trinajstić information content (AvgIpc) is 2.54. The molecule has 23 heavy (non-hydrogen) atoms. The molecule has 2 aliphatic rings. The summed E-state index contributed by atoms with van der Waals surface area (Å²) in [6, 6.07) is 6.91. The zero-order valence-corrected chi connectivity index (χ0v) is 14.2. The van der Waals surface area contributed by atoms with Crippen LogP contribution in [-0.4, -0.2) is 37.0 Å². The smallest absolute Gasteiger partial charge is 0.225 e. The quantitative estimate of drug-likeness (QED) is 0.832. The maximum atomic E-state index is 13.9. The van der Waals surface area contributed by atoms with E-state index in [9.17, 15) is 9.18 Å². The van der Waals surface area contributed by atoms with Crippen molar-refractivity contribution in [3.63, 3.8) is 0 Å². The van der Waals surface area contributed by atoms with Crippen LogP contribution in [0.15, 0.2) is 24.3 Å². The van der Waals surface area contributed by atoms with E-state index in [0.29, 0.717) is 23.4 Å². The lowest BCUT2D eigenvalue weighted by atomic mass is 9.89. The number of anilines is 1. The predicted octanol–water partition coefficient (Wildman–Crippen LogP) is 3.55. The van der Waals surface area contributed by atoms with E-state index < -0.39 is 0 Å². The van der Waals surface area contributed by atoms with Crippen LogP contribution in [0.1, 0.15) is 33.1 Å². The Balaban J connectivity index is 1.58. The van der Waals surface area contributed by atoms with Gasteiger partial charge in [-0.15, -0.1) is 0 Å². The lowest BCUT2D eigenvalue weighted by Gasteiger charge is -2.39. The summed E-state index contributed by atoms with van der Waals surface area (Å²) in [6.45, 7) is 7.79. The van der Waals surface area contributed by atoms with Gasteiger partial charge in [0.25, 0.3) is 0 Å². The molecule has 2 atom stereocenters. The SMILES string of the molecule is CC1CC(C)CN(C(=O)C2CCN(c3ccccc3F)CC2)C1. The molecular weight excluding hydrogens is 291 g/mol. The van der Waals surface area contributed by atoms with Crippen LogP contribution in [0.4, 0.5) is 10.1 Å². The van der Waals surface area contributed by atoms with Crippen LogP contribution in [0.25, 0.3) is 0 Å². The number of para-hydroxylation sites is 1. The highest BCUT2D eigenvalue weighted by molar-refractivity contribution is 5.79. The van der Waals surface area contributed by atoms with Crippen molar-refractivity contribution in [3.8, 4) is 0 Å². The molecule has 0 spiro atoms. The number of likely N-dealkylation sites (tertiary alicyclic amines) is 1.